The van der Waals surface area contributed by atoms with Crippen molar-refractivity contribution in [1.29, 1.82) is 0 Å². The number of aromatic nitrogens is 2. The van der Waals surface area contributed by atoms with E-state index in [0.717, 1.165) is 11.0 Å². The van der Waals surface area contributed by atoms with E-state index in [9.17, 15) is 9.90 Å². The van der Waals surface area contributed by atoms with Gasteiger partial charge >= 0.3 is 0 Å². The molecule has 2 rings (SSSR count). The maximum Gasteiger partial charge on any atom is 0.242 e. The van der Waals surface area contributed by atoms with Gasteiger partial charge in [-0.3, -0.25) is 4.79 Å². The van der Waals surface area contributed by atoms with Gasteiger partial charge in [0, 0.05) is 13.1 Å². The van der Waals surface area contributed by atoms with E-state index in [1.165, 1.54) is 0 Å². The van der Waals surface area contributed by atoms with Crippen molar-refractivity contribution >= 4 is 16.9 Å². The van der Waals surface area contributed by atoms with Gasteiger partial charge in [0.1, 0.15) is 6.54 Å². The van der Waals surface area contributed by atoms with Crippen LogP contribution in [0.5, 0.6) is 0 Å². The Morgan fingerprint density at radius 1 is 1.40 bits per heavy atom. The lowest BCUT2D eigenvalue weighted by Gasteiger charge is -2.28. The summed E-state index contributed by atoms with van der Waals surface area (Å²) in [4.78, 5) is 18.3. The van der Waals surface area contributed by atoms with E-state index in [0.29, 0.717) is 13.1 Å². The standard InChI is InChI=1S/C15H21N3O2/c1-4-17(10-15(2,3)20)14(19)9-18-11-16-12-7-5-6-8-13(12)18/h5-8,11,20H,4,9-10H2,1-3H3. The summed E-state index contributed by atoms with van der Waals surface area (Å²) in [6.07, 6.45) is 1.68. The molecule has 0 atom stereocenters. The SMILES string of the molecule is CCN(CC(C)(C)O)C(=O)Cn1cnc2ccccc21. The fourth-order valence-corrected chi connectivity index (χ4v) is 2.23. The Morgan fingerprint density at radius 3 is 2.75 bits per heavy atom. The van der Waals surface area contributed by atoms with Gasteiger partial charge in [-0.25, -0.2) is 4.98 Å². The molecule has 1 amide bonds. The van der Waals surface area contributed by atoms with Crippen molar-refractivity contribution < 1.29 is 9.90 Å². The van der Waals surface area contributed by atoms with Gasteiger partial charge < -0.3 is 14.6 Å². The monoisotopic (exact) mass is 275 g/mol. The molecule has 0 saturated heterocycles. The summed E-state index contributed by atoms with van der Waals surface area (Å²) in [5.74, 6) is -0.0159. The van der Waals surface area contributed by atoms with Crippen molar-refractivity contribution in [3.8, 4) is 0 Å². The summed E-state index contributed by atoms with van der Waals surface area (Å²) in [6.45, 7) is 6.47. The van der Waals surface area contributed by atoms with E-state index < -0.39 is 5.60 Å². The number of carbonyl (C=O) groups excluding carboxylic acids is 1. The topological polar surface area (TPSA) is 58.4 Å². The van der Waals surface area contributed by atoms with Gasteiger partial charge in [-0.15, -0.1) is 0 Å². The third-order valence-corrected chi connectivity index (χ3v) is 3.15. The summed E-state index contributed by atoms with van der Waals surface area (Å²) >= 11 is 0. The number of hydrogen-bond acceptors (Lipinski definition) is 3. The molecule has 1 N–H and O–H groups in total. The van der Waals surface area contributed by atoms with E-state index in [1.54, 1.807) is 25.1 Å². The first-order valence-electron chi connectivity index (χ1n) is 6.81. The lowest BCUT2D eigenvalue weighted by atomic mass is 10.1. The number of para-hydroxylation sites is 2. The van der Waals surface area contributed by atoms with Crippen molar-refractivity contribution in [1.82, 2.24) is 14.5 Å². The third-order valence-electron chi connectivity index (χ3n) is 3.15. The predicted molar refractivity (Wildman–Crippen MR) is 78.3 cm³/mol. The average Bonchev–Trinajstić information content (AvgIpc) is 2.78. The molecule has 0 aliphatic rings. The first-order chi connectivity index (χ1) is 9.40. The highest BCUT2D eigenvalue weighted by molar-refractivity contribution is 5.80. The maximum atomic E-state index is 12.3. The number of nitrogens with zero attached hydrogens (tertiary/aromatic N) is 3. The number of rotatable bonds is 5. The predicted octanol–water partition coefficient (Wildman–Crippen LogP) is 1.66. The molecule has 108 valence electrons. The first-order valence-corrected chi connectivity index (χ1v) is 6.81. The Morgan fingerprint density at radius 2 is 2.10 bits per heavy atom. The molecule has 0 radical (unpaired) electrons. The summed E-state index contributed by atoms with van der Waals surface area (Å²) in [5, 5.41) is 9.85. The molecular formula is C15H21N3O2. The van der Waals surface area contributed by atoms with Gasteiger partial charge in [0.2, 0.25) is 5.91 Å². The highest BCUT2D eigenvalue weighted by Crippen LogP contribution is 2.12. The lowest BCUT2D eigenvalue weighted by Crippen LogP contribution is -2.43. The van der Waals surface area contributed by atoms with Crippen LogP contribution in [0.4, 0.5) is 0 Å². The smallest absolute Gasteiger partial charge is 0.242 e. The maximum absolute atomic E-state index is 12.3. The number of aliphatic hydroxyl groups is 1. The quantitative estimate of drug-likeness (QED) is 0.902. The highest BCUT2D eigenvalue weighted by Gasteiger charge is 2.21. The Kier molecular flexibility index (Phi) is 4.09. The molecule has 5 nitrogen and oxygen atoms in total. The molecule has 0 aliphatic heterocycles. The number of imidazole rings is 1. The van der Waals surface area contributed by atoms with Crippen LogP contribution in [0.3, 0.4) is 0 Å². The van der Waals surface area contributed by atoms with Crippen molar-refractivity contribution in [3.63, 3.8) is 0 Å². The number of carbonyl (C=O) groups is 1. The fourth-order valence-electron chi connectivity index (χ4n) is 2.23. The van der Waals surface area contributed by atoms with Crippen molar-refractivity contribution in [3.05, 3.63) is 30.6 Å². The van der Waals surface area contributed by atoms with Gasteiger partial charge in [-0.05, 0) is 32.9 Å². The van der Waals surface area contributed by atoms with Gasteiger partial charge in [0.15, 0.2) is 0 Å². The Hall–Kier alpha value is -1.88. The number of benzene rings is 1. The minimum absolute atomic E-state index is 0.0159. The molecule has 2 aromatic rings. The Balaban J connectivity index is 2.14. The molecule has 5 heteroatoms. The Labute approximate surface area is 118 Å². The summed E-state index contributed by atoms with van der Waals surface area (Å²) in [7, 11) is 0. The molecule has 20 heavy (non-hydrogen) atoms. The molecule has 0 aliphatic carbocycles. The van der Waals surface area contributed by atoms with Gasteiger partial charge in [0.25, 0.3) is 0 Å². The third kappa shape index (κ3) is 3.36. The number of likely N-dealkylation sites (N-methyl/N-ethyl adjacent to an activating group) is 1. The second kappa shape index (κ2) is 5.63. The van der Waals surface area contributed by atoms with E-state index >= 15 is 0 Å². The minimum atomic E-state index is -0.886. The molecule has 1 aromatic heterocycles. The van der Waals surface area contributed by atoms with Crippen LogP contribution < -0.4 is 0 Å². The summed E-state index contributed by atoms with van der Waals surface area (Å²) in [5.41, 5.74) is 0.939. The van der Waals surface area contributed by atoms with Crippen molar-refractivity contribution in [2.75, 3.05) is 13.1 Å². The van der Waals surface area contributed by atoms with E-state index in [2.05, 4.69) is 4.98 Å². The molecule has 0 unspecified atom stereocenters. The largest absolute Gasteiger partial charge is 0.389 e. The normalized spacial score (nSPS) is 11.8. The average molecular weight is 275 g/mol. The second-order valence-corrected chi connectivity index (χ2v) is 5.58. The Bertz CT molecular complexity index is 598. The van der Waals surface area contributed by atoms with Crippen molar-refractivity contribution in [2.45, 2.75) is 32.9 Å². The molecule has 1 heterocycles. The van der Waals surface area contributed by atoms with Gasteiger partial charge in [0.05, 0.1) is 23.0 Å². The van der Waals surface area contributed by atoms with Crippen LogP contribution >= 0.6 is 0 Å². The van der Waals surface area contributed by atoms with Crippen LogP contribution in [-0.2, 0) is 11.3 Å². The van der Waals surface area contributed by atoms with Crippen LogP contribution in [0.1, 0.15) is 20.8 Å². The first kappa shape index (κ1) is 14.5. The van der Waals surface area contributed by atoms with E-state index in [-0.39, 0.29) is 12.5 Å². The molecule has 0 spiro atoms. The van der Waals surface area contributed by atoms with Gasteiger partial charge in [-0.2, -0.15) is 0 Å². The number of amides is 1. The highest BCUT2D eigenvalue weighted by atomic mass is 16.3. The zero-order valence-electron chi connectivity index (χ0n) is 12.2. The summed E-state index contributed by atoms with van der Waals surface area (Å²) in [6, 6.07) is 7.72. The number of hydrogen-bond donors (Lipinski definition) is 1. The van der Waals surface area contributed by atoms with Crippen LogP contribution in [-0.4, -0.2) is 44.2 Å². The molecule has 0 saturated carbocycles. The molecule has 0 fully saturated rings. The second-order valence-electron chi connectivity index (χ2n) is 5.58. The van der Waals surface area contributed by atoms with Gasteiger partial charge in [-0.1, -0.05) is 12.1 Å². The zero-order chi connectivity index (χ0) is 14.8. The summed E-state index contributed by atoms with van der Waals surface area (Å²) < 4.78 is 1.84. The van der Waals surface area contributed by atoms with Crippen LogP contribution in [0.25, 0.3) is 11.0 Å². The van der Waals surface area contributed by atoms with Crippen molar-refractivity contribution in [2.24, 2.45) is 0 Å². The molecule has 0 bridgehead atoms. The molecule has 1 aromatic carbocycles. The lowest BCUT2D eigenvalue weighted by molar-refractivity contribution is -0.134. The zero-order valence-corrected chi connectivity index (χ0v) is 12.2. The van der Waals surface area contributed by atoms with E-state index in [4.69, 9.17) is 0 Å². The minimum Gasteiger partial charge on any atom is -0.389 e. The fraction of sp³-hybridized carbons (Fsp3) is 0.467. The number of fused-ring (bicyclic) bond motifs is 1. The van der Waals surface area contributed by atoms with Crippen LogP contribution in [0.15, 0.2) is 30.6 Å². The van der Waals surface area contributed by atoms with Crippen LogP contribution in [0.2, 0.25) is 0 Å². The van der Waals surface area contributed by atoms with E-state index in [1.807, 2.05) is 35.8 Å². The molecular weight excluding hydrogens is 254 g/mol. The van der Waals surface area contributed by atoms with Crippen LogP contribution in [0, 0.1) is 0 Å².